The fourth-order valence-corrected chi connectivity index (χ4v) is 3.28. The summed E-state index contributed by atoms with van der Waals surface area (Å²) in [5, 5.41) is 1.04. The van der Waals surface area contributed by atoms with Gasteiger partial charge in [-0.3, -0.25) is 4.79 Å². The highest BCUT2D eigenvalue weighted by Gasteiger charge is 2.25. The molecular weight excluding hydrogens is 304 g/mol. The lowest BCUT2D eigenvalue weighted by atomic mass is 10.1. The molecule has 1 amide bonds. The number of carbonyl (C=O) groups is 1. The van der Waals surface area contributed by atoms with Crippen LogP contribution in [0, 0.1) is 0 Å². The van der Waals surface area contributed by atoms with E-state index in [-0.39, 0.29) is 12.0 Å². The molecule has 3 heterocycles. The molecule has 0 spiro atoms. The number of hydrogen-bond donors (Lipinski definition) is 1. The summed E-state index contributed by atoms with van der Waals surface area (Å²) in [5.41, 5.74) is 1.56. The minimum atomic E-state index is -0.00468. The lowest BCUT2D eigenvalue weighted by molar-refractivity contribution is 0.0493. The van der Waals surface area contributed by atoms with Crippen LogP contribution in [0.1, 0.15) is 29.0 Å². The van der Waals surface area contributed by atoms with Crippen molar-refractivity contribution in [3.63, 3.8) is 0 Å². The van der Waals surface area contributed by atoms with Crippen molar-refractivity contribution in [3.05, 3.63) is 60.2 Å². The van der Waals surface area contributed by atoms with Crippen molar-refractivity contribution >= 4 is 16.8 Å². The number of rotatable bonds is 5. The fraction of sp³-hybridized carbons (Fsp3) is 0.316. The van der Waals surface area contributed by atoms with Gasteiger partial charge in [0.15, 0.2) is 0 Å². The number of H-pyrrole nitrogens is 1. The molecule has 24 heavy (non-hydrogen) atoms. The van der Waals surface area contributed by atoms with E-state index in [4.69, 9.17) is 9.15 Å². The average molecular weight is 324 g/mol. The maximum absolute atomic E-state index is 13.2. The van der Waals surface area contributed by atoms with Gasteiger partial charge in [-0.15, -0.1) is 0 Å². The van der Waals surface area contributed by atoms with Crippen molar-refractivity contribution in [1.29, 1.82) is 0 Å². The molecule has 0 radical (unpaired) electrons. The first-order valence-electron chi connectivity index (χ1n) is 8.30. The van der Waals surface area contributed by atoms with Crippen LogP contribution < -0.4 is 0 Å². The third-order valence-corrected chi connectivity index (χ3v) is 4.48. The third kappa shape index (κ3) is 2.95. The number of aromatic nitrogens is 1. The van der Waals surface area contributed by atoms with Crippen LogP contribution in [0.4, 0.5) is 0 Å². The largest absolute Gasteiger partial charge is 0.467 e. The van der Waals surface area contributed by atoms with Crippen molar-refractivity contribution in [1.82, 2.24) is 9.88 Å². The Morgan fingerprint density at radius 2 is 2.21 bits per heavy atom. The highest BCUT2D eigenvalue weighted by atomic mass is 16.5. The molecule has 5 heteroatoms. The van der Waals surface area contributed by atoms with E-state index in [2.05, 4.69) is 4.98 Å². The van der Waals surface area contributed by atoms with E-state index in [1.165, 1.54) is 0 Å². The number of amides is 1. The SMILES string of the molecule is O=C(c1cccc2cc[nH]c12)N(Cc1ccco1)CC1CCCO1. The summed E-state index contributed by atoms with van der Waals surface area (Å²) in [6.07, 6.45) is 5.65. The predicted octanol–water partition coefficient (Wildman–Crippen LogP) is 3.58. The van der Waals surface area contributed by atoms with Crippen molar-refractivity contribution in [2.75, 3.05) is 13.2 Å². The highest BCUT2D eigenvalue weighted by molar-refractivity contribution is 6.05. The second kappa shape index (κ2) is 6.53. The number of furan rings is 1. The third-order valence-electron chi connectivity index (χ3n) is 4.48. The topological polar surface area (TPSA) is 58.5 Å². The number of fused-ring (bicyclic) bond motifs is 1. The van der Waals surface area contributed by atoms with Gasteiger partial charge in [-0.25, -0.2) is 0 Å². The Labute approximate surface area is 140 Å². The molecule has 124 valence electrons. The van der Waals surface area contributed by atoms with E-state index in [0.717, 1.165) is 36.1 Å². The molecule has 1 aromatic carbocycles. The van der Waals surface area contributed by atoms with Crippen LogP contribution in [-0.2, 0) is 11.3 Å². The van der Waals surface area contributed by atoms with Crippen molar-refractivity contribution in [2.45, 2.75) is 25.5 Å². The van der Waals surface area contributed by atoms with Crippen molar-refractivity contribution in [3.8, 4) is 0 Å². The van der Waals surface area contributed by atoms with Crippen LogP contribution in [0.25, 0.3) is 10.9 Å². The van der Waals surface area contributed by atoms with Crippen LogP contribution in [0.2, 0.25) is 0 Å². The molecule has 1 unspecified atom stereocenters. The highest BCUT2D eigenvalue weighted by Crippen LogP contribution is 2.22. The molecule has 3 aromatic rings. The fourth-order valence-electron chi connectivity index (χ4n) is 3.28. The smallest absolute Gasteiger partial charge is 0.256 e. The van der Waals surface area contributed by atoms with Crippen LogP contribution in [0.5, 0.6) is 0 Å². The number of nitrogens with zero attached hydrogens (tertiary/aromatic N) is 1. The molecule has 1 fully saturated rings. The Balaban J connectivity index is 1.63. The van der Waals surface area contributed by atoms with Gasteiger partial charge in [0.25, 0.3) is 5.91 Å². The normalized spacial score (nSPS) is 17.4. The maximum Gasteiger partial charge on any atom is 0.256 e. The van der Waals surface area contributed by atoms with Gasteiger partial charge >= 0.3 is 0 Å². The minimum absolute atomic E-state index is 0.00468. The molecule has 0 aliphatic carbocycles. The number of nitrogens with one attached hydrogen (secondary N) is 1. The van der Waals surface area contributed by atoms with E-state index in [0.29, 0.717) is 18.7 Å². The molecule has 2 aromatic heterocycles. The summed E-state index contributed by atoms with van der Waals surface area (Å²) in [6.45, 7) is 1.80. The van der Waals surface area contributed by atoms with Crippen LogP contribution >= 0.6 is 0 Å². The van der Waals surface area contributed by atoms with E-state index in [1.807, 2.05) is 47.5 Å². The molecule has 0 saturated carbocycles. The standard InChI is InChI=1S/C19H20N2O3/c22-19(17-7-1-4-14-8-9-20-18(14)17)21(12-15-5-2-10-23-15)13-16-6-3-11-24-16/h1-2,4-5,7-10,16,20H,3,6,11-13H2. The second-order valence-corrected chi connectivity index (χ2v) is 6.15. The zero-order valence-electron chi connectivity index (χ0n) is 13.4. The second-order valence-electron chi connectivity index (χ2n) is 6.15. The monoisotopic (exact) mass is 324 g/mol. The van der Waals surface area contributed by atoms with E-state index in [1.54, 1.807) is 6.26 Å². The van der Waals surface area contributed by atoms with Gasteiger partial charge in [0.2, 0.25) is 0 Å². The van der Waals surface area contributed by atoms with Gasteiger partial charge in [-0.2, -0.15) is 0 Å². The number of ether oxygens (including phenoxy) is 1. The van der Waals surface area contributed by atoms with Gasteiger partial charge < -0.3 is 19.0 Å². The summed E-state index contributed by atoms with van der Waals surface area (Å²) in [4.78, 5) is 18.2. The Kier molecular flexibility index (Phi) is 4.09. The zero-order valence-corrected chi connectivity index (χ0v) is 13.4. The first kappa shape index (κ1) is 15.0. The number of benzene rings is 1. The first-order chi connectivity index (χ1) is 11.8. The molecular formula is C19H20N2O3. The van der Waals surface area contributed by atoms with Crippen molar-refractivity contribution < 1.29 is 13.9 Å². The number of para-hydroxylation sites is 1. The number of aromatic amines is 1. The van der Waals surface area contributed by atoms with E-state index >= 15 is 0 Å². The Hall–Kier alpha value is -2.53. The number of carbonyl (C=O) groups excluding carboxylic acids is 1. The first-order valence-corrected chi connectivity index (χ1v) is 8.30. The van der Waals surface area contributed by atoms with Gasteiger partial charge in [-0.05, 0) is 37.1 Å². The summed E-state index contributed by atoms with van der Waals surface area (Å²) in [7, 11) is 0. The average Bonchev–Trinajstić information content (AvgIpc) is 3.35. The molecule has 1 N–H and O–H groups in total. The maximum atomic E-state index is 13.2. The molecule has 5 nitrogen and oxygen atoms in total. The van der Waals surface area contributed by atoms with Gasteiger partial charge in [0.05, 0.1) is 30.0 Å². The lowest BCUT2D eigenvalue weighted by Crippen LogP contribution is -2.37. The Morgan fingerprint density at radius 3 is 3.00 bits per heavy atom. The summed E-state index contributed by atoms with van der Waals surface area (Å²) < 4.78 is 11.2. The molecule has 4 rings (SSSR count). The zero-order chi connectivity index (χ0) is 16.4. The van der Waals surface area contributed by atoms with Crippen molar-refractivity contribution in [2.24, 2.45) is 0 Å². The van der Waals surface area contributed by atoms with Gasteiger partial charge in [-0.1, -0.05) is 12.1 Å². The summed E-state index contributed by atoms with van der Waals surface area (Å²) in [6, 6.07) is 11.5. The van der Waals surface area contributed by atoms with Crippen LogP contribution in [0.3, 0.4) is 0 Å². The molecule has 1 aliphatic heterocycles. The van der Waals surface area contributed by atoms with E-state index < -0.39 is 0 Å². The summed E-state index contributed by atoms with van der Waals surface area (Å²) in [5.74, 6) is 0.773. The Morgan fingerprint density at radius 1 is 1.25 bits per heavy atom. The molecule has 0 bridgehead atoms. The molecule has 1 saturated heterocycles. The Bertz CT molecular complexity index is 816. The van der Waals surface area contributed by atoms with Gasteiger partial charge in [0, 0.05) is 24.7 Å². The van der Waals surface area contributed by atoms with Crippen LogP contribution in [0.15, 0.2) is 53.3 Å². The van der Waals surface area contributed by atoms with Crippen LogP contribution in [-0.4, -0.2) is 35.0 Å². The minimum Gasteiger partial charge on any atom is -0.467 e. The van der Waals surface area contributed by atoms with Gasteiger partial charge in [0.1, 0.15) is 5.76 Å². The quantitative estimate of drug-likeness (QED) is 0.780. The predicted molar refractivity (Wildman–Crippen MR) is 90.7 cm³/mol. The van der Waals surface area contributed by atoms with E-state index in [9.17, 15) is 4.79 Å². The molecule has 1 atom stereocenters. The number of hydrogen-bond acceptors (Lipinski definition) is 3. The molecule has 1 aliphatic rings. The summed E-state index contributed by atoms with van der Waals surface area (Å²) >= 11 is 0. The lowest BCUT2D eigenvalue weighted by Gasteiger charge is -2.25.